The highest BCUT2D eigenvalue weighted by molar-refractivity contribution is 5.57. The molecule has 2 rings (SSSR count). The highest BCUT2D eigenvalue weighted by Crippen LogP contribution is 2.41. The molecule has 0 aromatic heterocycles. The van der Waals surface area contributed by atoms with Gasteiger partial charge in [0.15, 0.2) is 0 Å². The minimum absolute atomic E-state index is 0.311. The van der Waals surface area contributed by atoms with Crippen LogP contribution < -0.4 is 4.90 Å². The summed E-state index contributed by atoms with van der Waals surface area (Å²) in [5, 5.41) is 0. The molecule has 0 N–H and O–H groups in total. The first-order chi connectivity index (χ1) is 7.69. The minimum Gasteiger partial charge on any atom is -0.359 e. The lowest BCUT2D eigenvalue weighted by molar-refractivity contribution is -0.137. The third kappa shape index (κ3) is 2.32. The van der Waals surface area contributed by atoms with Gasteiger partial charge in [-0.1, -0.05) is 0 Å². The average Bonchev–Trinajstić information content (AvgIpc) is 2.12. The molecule has 0 unspecified atom stereocenters. The zero-order valence-corrected chi connectivity index (χ0v) is 8.36. The Kier molecular flexibility index (Phi) is 2.52. The molecule has 1 aromatic rings. The Labute approximate surface area is 92.6 Å². The van der Waals surface area contributed by atoms with Crippen LogP contribution in [0.3, 0.4) is 0 Å². The third-order valence-electron chi connectivity index (χ3n) is 2.45. The third-order valence-corrected chi connectivity index (χ3v) is 2.45. The maximum Gasteiger partial charge on any atom is 0.418 e. The summed E-state index contributed by atoms with van der Waals surface area (Å²) in [7, 11) is 0. The number of anilines is 1. The van der Waals surface area contributed by atoms with Crippen LogP contribution in [0.25, 0.3) is 0 Å². The Bertz CT molecular complexity index is 431. The van der Waals surface area contributed by atoms with Gasteiger partial charge in [0.2, 0.25) is 0 Å². The van der Waals surface area contributed by atoms with E-state index in [1.165, 1.54) is 0 Å². The van der Waals surface area contributed by atoms with E-state index in [0.29, 0.717) is 6.07 Å². The predicted octanol–water partition coefficient (Wildman–Crippen LogP) is 3.30. The van der Waals surface area contributed by atoms with E-state index >= 15 is 0 Å². The summed E-state index contributed by atoms with van der Waals surface area (Å²) in [4.78, 5) is 0.877. The smallest absolute Gasteiger partial charge is 0.359 e. The van der Waals surface area contributed by atoms with Gasteiger partial charge in [-0.2, -0.15) is 13.2 Å². The Morgan fingerprint density at radius 3 is 2.18 bits per heavy atom. The number of hydrogen-bond acceptors (Lipinski definition) is 1. The van der Waals surface area contributed by atoms with Crippen LogP contribution in [0.4, 0.5) is 32.0 Å². The Balaban J connectivity index is 2.35. The Morgan fingerprint density at radius 2 is 1.71 bits per heavy atom. The molecule has 0 aliphatic carbocycles. The fourth-order valence-corrected chi connectivity index (χ4v) is 1.69. The van der Waals surface area contributed by atoms with Gasteiger partial charge < -0.3 is 4.90 Å². The normalized spacial score (nSPS) is 19.1. The number of rotatable bonds is 1. The predicted molar refractivity (Wildman–Crippen MR) is 48.6 cm³/mol. The lowest BCUT2D eigenvalue weighted by atomic mass is 10.1. The molecule has 94 valence electrons. The molecule has 7 heteroatoms. The molecule has 0 saturated carbocycles. The lowest BCUT2D eigenvalue weighted by Crippen LogP contribution is -2.56. The van der Waals surface area contributed by atoms with Crippen molar-refractivity contribution in [3.63, 3.8) is 0 Å². The zero-order valence-electron chi connectivity index (χ0n) is 8.36. The highest BCUT2D eigenvalue weighted by atomic mass is 19.4. The summed E-state index contributed by atoms with van der Waals surface area (Å²) in [6, 6.07) is 2.00. The van der Waals surface area contributed by atoms with Gasteiger partial charge >= 0.3 is 6.18 Å². The summed E-state index contributed by atoms with van der Waals surface area (Å²) in [5.41, 5.74) is -1.64. The quantitative estimate of drug-likeness (QED) is 0.696. The number of halogens is 6. The maximum absolute atomic E-state index is 12.7. The average molecular weight is 255 g/mol. The molecule has 1 heterocycles. The molecule has 1 aliphatic rings. The summed E-state index contributed by atoms with van der Waals surface area (Å²) < 4.78 is 75.6. The van der Waals surface area contributed by atoms with Crippen LogP contribution >= 0.6 is 0 Å². The van der Waals surface area contributed by atoms with Crippen LogP contribution in [0.5, 0.6) is 0 Å². The van der Waals surface area contributed by atoms with Crippen molar-refractivity contribution >= 4 is 5.69 Å². The summed E-state index contributed by atoms with van der Waals surface area (Å²) in [6.07, 6.45) is -4.76. The molecule has 0 spiro atoms. The van der Waals surface area contributed by atoms with Gasteiger partial charge in [-0.15, -0.1) is 0 Å². The van der Waals surface area contributed by atoms with Crippen molar-refractivity contribution in [2.45, 2.75) is 12.1 Å². The highest BCUT2D eigenvalue weighted by Gasteiger charge is 2.46. The van der Waals surface area contributed by atoms with E-state index in [-0.39, 0.29) is 0 Å². The molecule has 1 aliphatic heterocycles. The number of benzene rings is 1. The number of nitrogens with zero attached hydrogens (tertiary/aromatic N) is 1. The summed E-state index contributed by atoms with van der Waals surface area (Å²) in [6.45, 7) is -1.55. The first-order valence-corrected chi connectivity index (χ1v) is 4.69. The monoisotopic (exact) mass is 255 g/mol. The Hall–Kier alpha value is -1.40. The van der Waals surface area contributed by atoms with Gasteiger partial charge in [-0.3, -0.25) is 0 Å². The molecular weight excluding hydrogens is 248 g/mol. The van der Waals surface area contributed by atoms with Crippen LogP contribution in [-0.2, 0) is 6.18 Å². The summed E-state index contributed by atoms with van der Waals surface area (Å²) in [5.74, 6) is -4.02. The fraction of sp³-hybridized carbons (Fsp3) is 0.400. The van der Waals surface area contributed by atoms with Gasteiger partial charge in [-0.25, -0.2) is 13.2 Å². The largest absolute Gasteiger partial charge is 0.418 e. The molecule has 1 aromatic carbocycles. The van der Waals surface area contributed by atoms with E-state index in [1.54, 1.807) is 0 Å². The van der Waals surface area contributed by atoms with Crippen LogP contribution in [-0.4, -0.2) is 19.0 Å². The Morgan fingerprint density at radius 1 is 1.12 bits per heavy atom. The lowest BCUT2D eigenvalue weighted by Gasteiger charge is -2.41. The minimum atomic E-state index is -4.76. The van der Waals surface area contributed by atoms with Crippen LogP contribution in [0.1, 0.15) is 5.56 Å². The second-order valence-electron chi connectivity index (χ2n) is 3.87. The maximum atomic E-state index is 12.7. The van der Waals surface area contributed by atoms with Crippen molar-refractivity contribution in [3.05, 3.63) is 29.6 Å². The van der Waals surface area contributed by atoms with Gasteiger partial charge in [0, 0.05) is 5.69 Å². The second kappa shape index (κ2) is 3.54. The van der Waals surface area contributed by atoms with Crippen molar-refractivity contribution in [1.29, 1.82) is 0 Å². The van der Waals surface area contributed by atoms with E-state index < -0.39 is 42.3 Å². The molecular formula is C10H7F6N. The SMILES string of the molecule is Fc1ccc(N2CC(F)(F)C2)c(C(F)(F)F)c1. The standard InChI is InChI=1S/C10H7F6N/c11-6-1-2-8(7(3-6)10(14,15)16)17-4-9(12,13)5-17/h1-3H,4-5H2. The van der Waals surface area contributed by atoms with Crippen molar-refractivity contribution in [2.24, 2.45) is 0 Å². The molecule has 0 bridgehead atoms. The van der Waals surface area contributed by atoms with Gasteiger partial charge in [0.05, 0.1) is 18.7 Å². The zero-order chi connectivity index (χ0) is 12.8. The van der Waals surface area contributed by atoms with Gasteiger partial charge in [-0.05, 0) is 18.2 Å². The first-order valence-electron chi connectivity index (χ1n) is 4.69. The van der Waals surface area contributed by atoms with E-state index in [2.05, 4.69) is 0 Å². The van der Waals surface area contributed by atoms with E-state index in [1.807, 2.05) is 0 Å². The molecule has 0 amide bonds. The van der Waals surface area contributed by atoms with Crippen molar-refractivity contribution in [1.82, 2.24) is 0 Å². The van der Waals surface area contributed by atoms with Gasteiger partial charge in [0.25, 0.3) is 5.92 Å². The number of hydrogen-bond donors (Lipinski definition) is 0. The molecule has 0 radical (unpaired) electrons. The van der Waals surface area contributed by atoms with Crippen LogP contribution in [0.15, 0.2) is 18.2 Å². The number of alkyl halides is 5. The van der Waals surface area contributed by atoms with Crippen LogP contribution in [0, 0.1) is 5.82 Å². The van der Waals surface area contributed by atoms with Crippen molar-refractivity contribution in [3.8, 4) is 0 Å². The van der Waals surface area contributed by atoms with Crippen molar-refractivity contribution in [2.75, 3.05) is 18.0 Å². The van der Waals surface area contributed by atoms with Crippen LogP contribution in [0.2, 0.25) is 0 Å². The van der Waals surface area contributed by atoms with Gasteiger partial charge in [0.1, 0.15) is 5.82 Å². The van der Waals surface area contributed by atoms with E-state index in [4.69, 9.17) is 0 Å². The summed E-state index contributed by atoms with van der Waals surface area (Å²) >= 11 is 0. The topological polar surface area (TPSA) is 3.24 Å². The molecule has 17 heavy (non-hydrogen) atoms. The molecule has 1 fully saturated rings. The molecule has 0 atom stereocenters. The fourth-order valence-electron chi connectivity index (χ4n) is 1.69. The molecule has 1 saturated heterocycles. The second-order valence-corrected chi connectivity index (χ2v) is 3.87. The van der Waals surface area contributed by atoms with E-state index in [9.17, 15) is 26.3 Å². The molecule has 1 nitrogen and oxygen atoms in total. The van der Waals surface area contributed by atoms with E-state index in [0.717, 1.165) is 17.0 Å². The van der Waals surface area contributed by atoms with Crippen molar-refractivity contribution < 1.29 is 26.3 Å². The first kappa shape index (κ1) is 12.1.